The highest BCUT2D eigenvalue weighted by molar-refractivity contribution is 5.92. The van der Waals surface area contributed by atoms with E-state index in [2.05, 4.69) is 9.55 Å². The zero-order valence-corrected chi connectivity index (χ0v) is 11.4. The SMILES string of the molecule is CC(CO)Cn1c(C2CC2)nc2ccc(C(=O)O)cc21. The zero-order chi connectivity index (χ0) is 14.3. The number of benzene rings is 1. The van der Waals surface area contributed by atoms with Crippen molar-refractivity contribution in [3.63, 3.8) is 0 Å². The number of hydrogen-bond donors (Lipinski definition) is 2. The maximum absolute atomic E-state index is 11.1. The van der Waals surface area contributed by atoms with Crippen molar-refractivity contribution >= 4 is 17.0 Å². The Morgan fingerprint density at radius 3 is 2.85 bits per heavy atom. The third-order valence-corrected chi connectivity index (χ3v) is 3.77. The van der Waals surface area contributed by atoms with Gasteiger partial charge >= 0.3 is 5.97 Å². The fourth-order valence-electron chi connectivity index (χ4n) is 2.49. The molecule has 1 atom stereocenters. The van der Waals surface area contributed by atoms with Gasteiger partial charge in [-0.25, -0.2) is 9.78 Å². The van der Waals surface area contributed by atoms with E-state index in [9.17, 15) is 9.90 Å². The normalized spacial score (nSPS) is 16.5. The number of hydrogen-bond acceptors (Lipinski definition) is 3. The van der Waals surface area contributed by atoms with Crippen molar-refractivity contribution in [2.75, 3.05) is 6.61 Å². The predicted molar refractivity (Wildman–Crippen MR) is 74.9 cm³/mol. The lowest BCUT2D eigenvalue weighted by Gasteiger charge is -2.13. The van der Waals surface area contributed by atoms with E-state index in [4.69, 9.17) is 5.11 Å². The number of imidazole rings is 1. The summed E-state index contributed by atoms with van der Waals surface area (Å²) in [5.41, 5.74) is 1.96. The first-order chi connectivity index (χ1) is 9.60. The lowest BCUT2D eigenvalue weighted by atomic mass is 10.1. The summed E-state index contributed by atoms with van der Waals surface area (Å²) in [6.45, 7) is 2.76. The molecule has 2 N–H and O–H groups in total. The molecule has 1 fully saturated rings. The lowest BCUT2D eigenvalue weighted by Crippen LogP contribution is -2.13. The molecule has 106 valence electrons. The Labute approximate surface area is 116 Å². The number of aromatic carboxylic acids is 1. The van der Waals surface area contributed by atoms with E-state index in [1.165, 1.54) is 0 Å². The van der Waals surface area contributed by atoms with Crippen LogP contribution in [0.4, 0.5) is 0 Å². The second-order valence-electron chi connectivity index (χ2n) is 5.65. The third kappa shape index (κ3) is 2.29. The molecule has 1 unspecified atom stereocenters. The molecule has 0 radical (unpaired) electrons. The molecule has 5 heteroatoms. The van der Waals surface area contributed by atoms with E-state index in [0.29, 0.717) is 12.5 Å². The summed E-state index contributed by atoms with van der Waals surface area (Å²) >= 11 is 0. The minimum atomic E-state index is -0.928. The van der Waals surface area contributed by atoms with Crippen molar-refractivity contribution in [1.82, 2.24) is 9.55 Å². The van der Waals surface area contributed by atoms with Crippen LogP contribution in [0.1, 0.15) is 41.9 Å². The maximum Gasteiger partial charge on any atom is 0.335 e. The lowest BCUT2D eigenvalue weighted by molar-refractivity contribution is 0.0697. The average molecular weight is 274 g/mol. The van der Waals surface area contributed by atoms with Crippen LogP contribution in [-0.4, -0.2) is 32.3 Å². The number of nitrogens with zero attached hydrogens (tertiary/aromatic N) is 2. The van der Waals surface area contributed by atoms with Gasteiger partial charge in [0.25, 0.3) is 0 Å². The number of rotatable bonds is 5. The van der Waals surface area contributed by atoms with Crippen LogP contribution < -0.4 is 0 Å². The van der Waals surface area contributed by atoms with Gasteiger partial charge in [-0.1, -0.05) is 6.92 Å². The number of fused-ring (bicyclic) bond motifs is 1. The molecule has 0 bridgehead atoms. The molecular weight excluding hydrogens is 256 g/mol. The zero-order valence-electron chi connectivity index (χ0n) is 11.4. The molecule has 1 saturated carbocycles. The van der Waals surface area contributed by atoms with Gasteiger partial charge in [-0.05, 0) is 37.0 Å². The second-order valence-corrected chi connectivity index (χ2v) is 5.65. The summed E-state index contributed by atoms with van der Waals surface area (Å²) in [7, 11) is 0. The number of carboxylic acid groups (broad SMARTS) is 1. The first-order valence-corrected chi connectivity index (χ1v) is 6.94. The molecule has 3 rings (SSSR count). The predicted octanol–water partition coefficient (Wildman–Crippen LogP) is 2.24. The first-order valence-electron chi connectivity index (χ1n) is 6.94. The van der Waals surface area contributed by atoms with Gasteiger partial charge in [-0.15, -0.1) is 0 Å². The molecule has 2 aromatic rings. The monoisotopic (exact) mass is 274 g/mol. The molecule has 5 nitrogen and oxygen atoms in total. The number of aromatic nitrogens is 2. The van der Waals surface area contributed by atoms with Crippen LogP contribution in [0.2, 0.25) is 0 Å². The van der Waals surface area contributed by atoms with Crippen molar-refractivity contribution < 1.29 is 15.0 Å². The Kier molecular flexibility index (Phi) is 3.22. The van der Waals surface area contributed by atoms with Crippen LogP contribution in [0.5, 0.6) is 0 Å². The van der Waals surface area contributed by atoms with E-state index in [1.807, 2.05) is 6.92 Å². The minimum Gasteiger partial charge on any atom is -0.478 e. The number of carbonyl (C=O) groups is 1. The maximum atomic E-state index is 11.1. The number of carboxylic acids is 1. The number of aliphatic hydroxyl groups is 1. The Bertz CT molecular complexity index is 658. The van der Waals surface area contributed by atoms with Crippen molar-refractivity contribution in [2.24, 2.45) is 5.92 Å². The van der Waals surface area contributed by atoms with Crippen LogP contribution in [0.25, 0.3) is 11.0 Å². The number of aliphatic hydroxyl groups excluding tert-OH is 1. The van der Waals surface area contributed by atoms with E-state index in [0.717, 1.165) is 29.7 Å². The molecule has 1 aliphatic carbocycles. The van der Waals surface area contributed by atoms with E-state index in [1.54, 1.807) is 18.2 Å². The Morgan fingerprint density at radius 2 is 2.25 bits per heavy atom. The van der Waals surface area contributed by atoms with Gasteiger partial charge in [0.05, 0.1) is 16.6 Å². The van der Waals surface area contributed by atoms with Crippen LogP contribution >= 0.6 is 0 Å². The standard InChI is InChI=1S/C15H18N2O3/c1-9(8-18)7-17-13-6-11(15(19)20)4-5-12(13)16-14(17)10-2-3-10/h4-6,9-10,18H,2-3,7-8H2,1H3,(H,19,20). The highest BCUT2D eigenvalue weighted by Crippen LogP contribution is 2.41. The van der Waals surface area contributed by atoms with E-state index in [-0.39, 0.29) is 18.1 Å². The molecule has 0 spiro atoms. The molecule has 0 amide bonds. The fraction of sp³-hybridized carbons (Fsp3) is 0.467. The van der Waals surface area contributed by atoms with Gasteiger partial charge < -0.3 is 14.8 Å². The van der Waals surface area contributed by atoms with Crippen molar-refractivity contribution in [1.29, 1.82) is 0 Å². The molecular formula is C15H18N2O3. The van der Waals surface area contributed by atoms with Gasteiger partial charge in [-0.3, -0.25) is 0 Å². The van der Waals surface area contributed by atoms with E-state index >= 15 is 0 Å². The molecule has 0 aliphatic heterocycles. The van der Waals surface area contributed by atoms with Crippen LogP contribution in [0.3, 0.4) is 0 Å². The van der Waals surface area contributed by atoms with Gasteiger partial charge in [0, 0.05) is 19.1 Å². The Morgan fingerprint density at radius 1 is 1.50 bits per heavy atom. The minimum absolute atomic E-state index is 0.113. The quantitative estimate of drug-likeness (QED) is 0.876. The largest absolute Gasteiger partial charge is 0.478 e. The topological polar surface area (TPSA) is 75.3 Å². The van der Waals surface area contributed by atoms with E-state index < -0.39 is 5.97 Å². The molecule has 1 aromatic heterocycles. The third-order valence-electron chi connectivity index (χ3n) is 3.77. The summed E-state index contributed by atoms with van der Waals surface area (Å²) < 4.78 is 2.08. The van der Waals surface area contributed by atoms with Crippen molar-refractivity contribution in [2.45, 2.75) is 32.2 Å². The van der Waals surface area contributed by atoms with Crippen LogP contribution in [0, 0.1) is 5.92 Å². The smallest absolute Gasteiger partial charge is 0.335 e. The van der Waals surface area contributed by atoms with Gasteiger partial charge in [0.1, 0.15) is 5.82 Å². The highest BCUT2D eigenvalue weighted by atomic mass is 16.4. The first kappa shape index (κ1) is 13.1. The van der Waals surface area contributed by atoms with Gasteiger partial charge in [0.15, 0.2) is 0 Å². The summed E-state index contributed by atoms with van der Waals surface area (Å²) in [4.78, 5) is 15.8. The van der Waals surface area contributed by atoms with Gasteiger partial charge in [-0.2, -0.15) is 0 Å². The second kappa shape index (κ2) is 4.90. The molecule has 1 heterocycles. The van der Waals surface area contributed by atoms with Crippen LogP contribution in [0.15, 0.2) is 18.2 Å². The Hall–Kier alpha value is -1.88. The van der Waals surface area contributed by atoms with Crippen molar-refractivity contribution in [3.8, 4) is 0 Å². The summed E-state index contributed by atoms with van der Waals surface area (Å²) in [5, 5.41) is 18.4. The molecule has 1 aromatic carbocycles. The van der Waals surface area contributed by atoms with Crippen LogP contribution in [-0.2, 0) is 6.54 Å². The Balaban J connectivity index is 2.12. The molecule has 0 saturated heterocycles. The summed E-state index contributed by atoms with van der Waals surface area (Å²) in [6, 6.07) is 5.04. The van der Waals surface area contributed by atoms with Gasteiger partial charge in [0.2, 0.25) is 0 Å². The fourth-order valence-corrected chi connectivity index (χ4v) is 2.49. The molecule has 1 aliphatic rings. The summed E-state index contributed by atoms with van der Waals surface area (Å²) in [5.74, 6) is 0.714. The average Bonchev–Trinajstić information content (AvgIpc) is 3.22. The molecule has 20 heavy (non-hydrogen) atoms. The van der Waals surface area contributed by atoms with Crippen molar-refractivity contribution in [3.05, 3.63) is 29.6 Å². The highest BCUT2D eigenvalue weighted by Gasteiger charge is 2.30. The summed E-state index contributed by atoms with van der Waals surface area (Å²) in [6.07, 6.45) is 2.28.